The van der Waals surface area contributed by atoms with E-state index in [2.05, 4.69) is 113 Å². The van der Waals surface area contributed by atoms with E-state index in [9.17, 15) is 0 Å². The first-order chi connectivity index (χ1) is 21.3. The van der Waals surface area contributed by atoms with Crippen LogP contribution in [0.2, 0.25) is 0 Å². The maximum atomic E-state index is 6.15. The number of pyridine rings is 1. The van der Waals surface area contributed by atoms with Crippen LogP contribution in [0.5, 0.6) is 0 Å². The number of para-hydroxylation sites is 3. The lowest BCUT2D eigenvalue weighted by atomic mass is 10.0. The lowest BCUT2D eigenvalue weighted by molar-refractivity contribution is 0.668. The highest BCUT2D eigenvalue weighted by Gasteiger charge is 2.17. The van der Waals surface area contributed by atoms with Gasteiger partial charge in [0, 0.05) is 55.8 Å². The van der Waals surface area contributed by atoms with Crippen LogP contribution in [0.15, 0.2) is 155 Å². The second-order valence-electron chi connectivity index (χ2n) is 10.9. The van der Waals surface area contributed by atoms with Crippen LogP contribution < -0.4 is 4.90 Å². The zero-order valence-corrected chi connectivity index (χ0v) is 23.1. The first kappa shape index (κ1) is 23.8. The molecule has 0 atom stereocenters. The van der Waals surface area contributed by atoms with E-state index in [1.54, 1.807) is 0 Å². The van der Waals surface area contributed by atoms with Crippen LogP contribution in [0.4, 0.5) is 17.1 Å². The van der Waals surface area contributed by atoms with Gasteiger partial charge in [-0.1, -0.05) is 66.7 Å². The topological polar surface area (TPSA) is 42.4 Å². The van der Waals surface area contributed by atoms with E-state index >= 15 is 0 Å². The van der Waals surface area contributed by atoms with Crippen LogP contribution in [-0.2, 0) is 0 Å². The zero-order chi connectivity index (χ0) is 28.3. The molecule has 0 saturated carbocycles. The standard InChI is InChI=1S/C39H24N2O2/c1-4-10-35-26(7-1)21-27(24-40-35)25-13-15-28(16-14-25)41(29-17-19-38-33(22-29)31-8-2-5-11-36(31)42-38)30-18-20-39-34(23-30)32-9-3-6-12-37(32)43-39/h1-24H. The number of anilines is 3. The first-order valence-corrected chi connectivity index (χ1v) is 14.4. The normalized spacial score (nSPS) is 11.7. The van der Waals surface area contributed by atoms with Crippen molar-refractivity contribution in [2.75, 3.05) is 4.90 Å². The monoisotopic (exact) mass is 552 g/mol. The van der Waals surface area contributed by atoms with E-state index in [0.29, 0.717) is 0 Å². The molecule has 43 heavy (non-hydrogen) atoms. The Morgan fingerprint density at radius 1 is 0.419 bits per heavy atom. The van der Waals surface area contributed by atoms with Crippen molar-refractivity contribution in [3.05, 3.63) is 146 Å². The summed E-state index contributed by atoms with van der Waals surface area (Å²) in [6, 6.07) is 48.4. The Kier molecular flexibility index (Phi) is 5.16. The molecule has 0 spiro atoms. The van der Waals surface area contributed by atoms with Gasteiger partial charge in [-0.2, -0.15) is 0 Å². The Bertz CT molecular complexity index is 2360. The van der Waals surface area contributed by atoms with Gasteiger partial charge < -0.3 is 13.7 Å². The maximum Gasteiger partial charge on any atom is 0.135 e. The fourth-order valence-electron chi connectivity index (χ4n) is 6.19. The smallest absolute Gasteiger partial charge is 0.135 e. The zero-order valence-electron chi connectivity index (χ0n) is 23.1. The number of benzene rings is 6. The highest BCUT2D eigenvalue weighted by atomic mass is 16.3. The molecular weight excluding hydrogens is 528 g/mol. The molecule has 0 fully saturated rings. The van der Waals surface area contributed by atoms with Gasteiger partial charge in [0.25, 0.3) is 0 Å². The van der Waals surface area contributed by atoms with Crippen LogP contribution in [0.3, 0.4) is 0 Å². The Balaban J connectivity index is 1.22. The van der Waals surface area contributed by atoms with E-state index in [1.165, 1.54) is 0 Å². The summed E-state index contributed by atoms with van der Waals surface area (Å²) in [7, 11) is 0. The van der Waals surface area contributed by atoms with Gasteiger partial charge in [-0.05, 0) is 78.4 Å². The second kappa shape index (κ2) is 9.33. The van der Waals surface area contributed by atoms with Crippen molar-refractivity contribution in [3.63, 3.8) is 0 Å². The van der Waals surface area contributed by atoms with Crippen LogP contribution in [0.25, 0.3) is 65.9 Å². The fraction of sp³-hybridized carbons (Fsp3) is 0. The molecule has 202 valence electrons. The summed E-state index contributed by atoms with van der Waals surface area (Å²) in [5, 5.41) is 5.52. The minimum absolute atomic E-state index is 0.875. The van der Waals surface area contributed by atoms with Gasteiger partial charge >= 0.3 is 0 Å². The summed E-state index contributed by atoms with van der Waals surface area (Å²) < 4.78 is 12.3. The summed E-state index contributed by atoms with van der Waals surface area (Å²) in [6.07, 6.45) is 1.95. The Hall–Kier alpha value is -5.87. The largest absolute Gasteiger partial charge is 0.456 e. The molecule has 9 aromatic rings. The number of nitrogens with zero attached hydrogens (tertiary/aromatic N) is 2. The molecule has 0 N–H and O–H groups in total. The molecule has 0 aliphatic heterocycles. The third kappa shape index (κ3) is 3.88. The van der Waals surface area contributed by atoms with Gasteiger partial charge in [0.1, 0.15) is 22.3 Å². The van der Waals surface area contributed by atoms with Crippen LogP contribution in [0, 0.1) is 0 Å². The van der Waals surface area contributed by atoms with E-state index < -0.39 is 0 Å². The molecule has 3 aromatic heterocycles. The third-order valence-corrected chi connectivity index (χ3v) is 8.29. The summed E-state index contributed by atoms with van der Waals surface area (Å²) in [4.78, 5) is 6.98. The maximum absolute atomic E-state index is 6.15. The predicted molar refractivity (Wildman–Crippen MR) is 176 cm³/mol. The van der Waals surface area contributed by atoms with Crippen molar-refractivity contribution in [1.29, 1.82) is 0 Å². The minimum Gasteiger partial charge on any atom is -0.456 e. The molecule has 0 radical (unpaired) electrons. The molecule has 0 unspecified atom stereocenters. The van der Waals surface area contributed by atoms with Crippen LogP contribution in [-0.4, -0.2) is 4.98 Å². The number of rotatable bonds is 4. The molecule has 0 amide bonds. The molecule has 0 saturated heterocycles. The van der Waals surface area contributed by atoms with Crippen LogP contribution in [0.1, 0.15) is 0 Å². The molecule has 0 aliphatic carbocycles. The molecule has 9 rings (SSSR count). The van der Waals surface area contributed by atoms with Gasteiger partial charge in [0.05, 0.1) is 5.52 Å². The highest BCUT2D eigenvalue weighted by molar-refractivity contribution is 6.08. The van der Waals surface area contributed by atoms with Crippen molar-refractivity contribution >= 4 is 71.8 Å². The number of hydrogen-bond acceptors (Lipinski definition) is 4. The van der Waals surface area contributed by atoms with Crippen molar-refractivity contribution in [2.24, 2.45) is 0 Å². The van der Waals surface area contributed by atoms with E-state index in [-0.39, 0.29) is 0 Å². The van der Waals surface area contributed by atoms with Crippen molar-refractivity contribution in [2.45, 2.75) is 0 Å². The average molecular weight is 553 g/mol. The molecule has 0 aliphatic rings. The summed E-state index contributed by atoms with van der Waals surface area (Å²) in [5.74, 6) is 0. The Labute approximate surface area is 247 Å². The fourth-order valence-corrected chi connectivity index (χ4v) is 6.19. The number of fused-ring (bicyclic) bond motifs is 7. The predicted octanol–water partition coefficient (Wildman–Crippen LogP) is 11.2. The van der Waals surface area contributed by atoms with E-state index in [4.69, 9.17) is 8.83 Å². The summed E-state index contributed by atoms with van der Waals surface area (Å²) in [5.41, 5.74) is 9.89. The highest BCUT2D eigenvalue weighted by Crippen LogP contribution is 2.41. The Morgan fingerprint density at radius 3 is 1.60 bits per heavy atom. The molecular formula is C39H24N2O2. The quantitative estimate of drug-likeness (QED) is 0.218. The van der Waals surface area contributed by atoms with Crippen LogP contribution >= 0.6 is 0 Å². The number of aromatic nitrogens is 1. The van der Waals surface area contributed by atoms with Crippen molar-refractivity contribution in [1.82, 2.24) is 4.98 Å². The SMILES string of the molecule is c1ccc2ncc(-c3ccc(N(c4ccc5oc6ccccc6c5c4)c4ccc5oc6ccccc6c5c4)cc3)cc2c1. The summed E-state index contributed by atoms with van der Waals surface area (Å²) in [6.45, 7) is 0. The average Bonchev–Trinajstić information content (AvgIpc) is 3.63. The number of furan rings is 2. The third-order valence-electron chi connectivity index (χ3n) is 8.29. The molecule has 6 aromatic carbocycles. The van der Waals surface area contributed by atoms with E-state index in [1.807, 2.05) is 42.6 Å². The second-order valence-corrected chi connectivity index (χ2v) is 10.9. The first-order valence-electron chi connectivity index (χ1n) is 14.4. The minimum atomic E-state index is 0.875. The lowest BCUT2D eigenvalue weighted by Gasteiger charge is -2.26. The molecule has 4 heteroatoms. The van der Waals surface area contributed by atoms with Gasteiger partial charge in [0.2, 0.25) is 0 Å². The van der Waals surface area contributed by atoms with Gasteiger partial charge in [-0.25, -0.2) is 0 Å². The van der Waals surface area contributed by atoms with E-state index in [0.717, 1.165) is 83.0 Å². The van der Waals surface area contributed by atoms with Crippen molar-refractivity contribution in [3.8, 4) is 11.1 Å². The number of hydrogen-bond donors (Lipinski definition) is 0. The molecule has 3 heterocycles. The lowest BCUT2D eigenvalue weighted by Crippen LogP contribution is -2.09. The van der Waals surface area contributed by atoms with Gasteiger partial charge in [-0.3, -0.25) is 4.98 Å². The molecule has 4 nitrogen and oxygen atoms in total. The van der Waals surface area contributed by atoms with Gasteiger partial charge in [-0.15, -0.1) is 0 Å². The molecule has 0 bridgehead atoms. The van der Waals surface area contributed by atoms with Gasteiger partial charge in [0.15, 0.2) is 0 Å². The Morgan fingerprint density at radius 2 is 0.953 bits per heavy atom. The van der Waals surface area contributed by atoms with Crippen molar-refractivity contribution < 1.29 is 8.83 Å². The summed E-state index contributed by atoms with van der Waals surface area (Å²) >= 11 is 0.